The van der Waals surface area contributed by atoms with Crippen LogP contribution in [0.4, 0.5) is 5.13 Å². The first-order valence-electron chi connectivity index (χ1n) is 7.94. The summed E-state index contributed by atoms with van der Waals surface area (Å²) in [4.78, 5) is 12.1. The predicted molar refractivity (Wildman–Crippen MR) is 104 cm³/mol. The number of anilines is 1. The van der Waals surface area contributed by atoms with Gasteiger partial charge in [0.05, 0.1) is 5.75 Å². The van der Waals surface area contributed by atoms with E-state index in [0.29, 0.717) is 16.6 Å². The fraction of sp³-hybridized carbons (Fsp3) is 0.312. The molecule has 10 heteroatoms. The molecule has 1 N–H and O–H groups in total. The van der Waals surface area contributed by atoms with Crippen molar-refractivity contribution >= 4 is 45.7 Å². The zero-order valence-electron chi connectivity index (χ0n) is 14.3. The summed E-state index contributed by atoms with van der Waals surface area (Å²) in [5, 5.41) is 21.8. The van der Waals surface area contributed by atoms with Crippen LogP contribution >= 0.6 is 34.7 Å². The number of amides is 1. The number of benzene rings is 1. The van der Waals surface area contributed by atoms with Crippen molar-refractivity contribution in [2.75, 3.05) is 11.1 Å². The molecule has 0 saturated heterocycles. The maximum atomic E-state index is 12.1. The summed E-state index contributed by atoms with van der Waals surface area (Å²) in [7, 11) is 0. The summed E-state index contributed by atoms with van der Waals surface area (Å²) >= 11 is 8.62. The number of carbonyl (C=O) groups is 1. The topological polar surface area (TPSA) is 85.6 Å². The second kappa shape index (κ2) is 8.61. The third kappa shape index (κ3) is 4.80. The van der Waals surface area contributed by atoms with Gasteiger partial charge in [0, 0.05) is 18.0 Å². The van der Waals surface area contributed by atoms with Gasteiger partial charge in [-0.3, -0.25) is 10.1 Å². The lowest BCUT2D eigenvalue weighted by molar-refractivity contribution is -0.113. The standard InChI is InChI=1S/C16H17ClN6OS2/c1-3-23-13(8-11-4-6-12(17)7-5-11)20-22-16(23)25-9-14(24)18-15-21-19-10(2)26-15/h4-7H,3,8-9H2,1-2H3,(H,18,21,24). The van der Waals surface area contributed by atoms with E-state index in [0.717, 1.165) is 28.1 Å². The molecule has 0 spiro atoms. The van der Waals surface area contributed by atoms with E-state index < -0.39 is 0 Å². The van der Waals surface area contributed by atoms with Gasteiger partial charge < -0.3 is 4.57 Å². The number of hydrogen-bond acceptors (Lipinski definition) is 7. The van der Waals surface area contributed by atoms with Gasteiger partial charge in [0.15, 0.2) is 5.16 Å². The maximum absolute atomic E-state index is 12.1. The number of halogens is 1. The molecule has 136 valence electrons. The van der Waals surface area contributed by atoms with Crippen LogP contribution in [-0.4, -0.2) is 36.6 Å². The molecule has 0 unspecified atom stereocenters. The molecule has 0 aliphatic rings. The van der Waals surface area contributed by atoms with E-state index in [-0.39, 0.29) is 11.7 Å². The highest BCUT2D eigenvalue weighted by Crippen LogP contribution is 2.20. The second-order valence-corrected chi connectivity index (χ2v) is 7.97. The van der Waals surface area contributed by atoms with Crippen LogP contribution in [-0.2, 0) is 17.8 Å². The summed E-state index contributed by atoms with van der Waals surface area (Å²) in [5.74, 6) is 0.950. The molecule has 7 nitrogen and oxygen atoms in total. The molecule has 2 heterocycles. The van der Waals surface area contributed by atoms with Crippen molar-refractivity contribution in [1.29, 1.82) is 0 Å². The summed E-state index contributed by atoms with van der Waals surface area (Å²) in [5.41, 5.74) is 1.11. The monoisotopic (exact) mass is 408 g/mol. The molecule has 0 atom stereocenters. The van der Waals surface area contributed by atoms with Gasteiger partial charge in [0.25, 0.3) is 0 Å². The number of carbonyl (C=O) groups excluding carboxylic acids is 1. The average Bonchev–Trinajstić information content (AvgIpc) is 3.20. The lowest BCUT2D eigenvalue weighted by atomic mass is 10.1. The smallest absolute Gasteiger partial charge is 0.236 e. The Kier molecular flexibility index (Phi) is 6.23. The van der Waals surface area contributed by atoms with E-state index in [1.807, 2.05) is 42.7 Å². The van der Waals surface area contributed by atoms with E-state index in [4.69, 9.17) is 11.6 Å². The van der Waals surface area contributed by atoms with Gasteiger partial charge in [-0.2, -0.15) is 0 Å². The molecule has 0 aliphatic heterocycles. The number of nitrogens with one attached hydrogen (secondary N) is 1. The molecule has 26 heavy (non-hydrogen) atoms. The van der Waals surface area contributed by atoms with Crippen LogP contribution in [0.1, 0.15) is 23.3 Å². The zero-order chi connectivity index (χ0) is 18.5. The molecule has 3 aromatic rings. The van der Waals surface area contributed by atoms with Crippen molar-refractivity contribution in [2.24, 2.45) is 0 Å². The van der Waals surface area contributed by atoms with Crippen LogP contribution in [0.15, 0.2) is 29.4 Å². The normalized spacial score (nSPS) is 10.9. The number of hydrogen-bond donors (Lipinski definition) is 1. The number of nitrogens with zero attached hydrogens (tertiary/aromatic N) is 5. The number of aryl methyl sites for hydroxylation is 1. The molecule has 0 saturated carbocycles. The first-order chi connectivity index (χ1) is 12.5. The summed E-state index contributed by atoms with van der Waals surface area (Å²) in [6, 6.07) is 7.67. The van der Waals surface area contributed by atoms with Crippen LogP contribution in [0.25, 0.3) is 0 Å². The van der Waals surface area contributed by atoms with E-state index in [9.17, 15) is 4.79 Å². The summed E-state index contributed by atoms with van der Waals surface area (Å²) < 4.78 is 2.02. The van der Waals surface area contributed by atoms with E-state index in [1.165, 1.54) is 23.1 Å². The molecule has 0 bridgehead atoms. The average molecular weight is 409 g/mol. The molecule has 2 aromatic heterocycles. The largest absolute Gasteiger partial charge is 0.306 e. The fourth-order valence-electron chi connectivity index (χ4n) is 2.29. The molecule has 1 aromatic carbocycles. The molecular weight excluding hydrogens is 392 g/mol. The van der Waals surface area contributed by atoms with Crippen LogP contribution < -0.4 is 5.32 Å². The number of aromatic nitrogens is 5. The van der Waals surface area contributed by atoms with Crippen molar-refractivity contribution < 1.29 is 4.79 Å². The lowest BCUT2D eigenvalue weighted by Gasteiger charge is -2.07. The lowest BCUT2D eigenvalue weighted by Crippen LogP contribution is -2.14. The molecular formula is C16H17ClN6OS2. The Hall–Kier alpha value is -1.97. The minimum absolute atomic E-state index is 0.143. The summed E-state index contributed by atoms with van der Waals surface area (Å²) in [6.07, 6.45) is 0.662. The van der Waals surface area contributed by atoms with Crippen molar-refractivity contribution in [3.05, 3.63) is 45.7 Å². The second-order valence-electron chi connectivity index (χ2n) is 5.41. The van der Waals surface area contributed by atoms with E-state index in [2.05, 4.69) is 25.7 Å². The number of rotatable bonds is 7. The molecule has 0 radical (unpaired) electrons. The van der Waals surface area contributed by atoms with Gasteiger partial charge in [0.2, 0.25) is 11.0 Å². The third-order valence-corrected chi connectivity index (χ3v) is 5.46. The quantitative estimate of drug-likeness (QED) is 0.603. The Labute approximate surface area is 164 Å². The predicted octanol–water partition coefficient (Wildman–Crippen LogP) is 3.43. The highest BCUT2D eigenvalue weighted by molar-refractivity contribution is 7.99. The molecule has 1 amide bonds. The highest BCUT2D eigenvalue weighted by Gasteiger charge is 2.14. The van der Waals surface area contributed by atoms with E-state index >= 15 is 0 Å². The Morgan fingerprint density at radius 1 is 1.23 bits per heavy atom. The van der Waals surface area contributed by atoms with Gasteiger partial charge in [-0.15, -0.1) is 20.4 Å². The third-order valence-electron chi connectivity index (χ3n) is 3.49. The first kappa shape index (κ1) is 18.8. The minimum Gasteiger partial charge on any atom is -0.306 e. The van der Waals surface area contributed by atoms with Crippen LogP contribution in [0, 0.1) is 6.92 Å². The van der Waals surface area contributed by atoms with Crippen molar-refractivity contribution in [3.8, 4) is 0 Å². The molecule has 0 aliphatic carbocycles. The Morgan fingerprint density at radius 3 is 2.65 bits per heavy atom. The van der Waals surface area contributed by atoms with Gasteiger partial charge in [-0.05, 0) is 31.5 Å². The first-order valence-corrected chi connectivity index (χ1v) is 10.1. The van der Waals surface area contributed by atoms with Gasteiger partial charge in [-0.25, -0.2) is 0 Å². The van der Waals surface area contributed by atoms with Crippen molar-refractivity contribution in [3.63, 3.8) is 0 Å². The molecule has 3 rings (SSSR count). The van der Waals surface area contributed by atoms with Gasteiger partial charge in [0.1, 0.15) is 10.8 Å². The zero-order valence-corrected chi connectivity index (χ0v) is 16.7. The minimum atomic E-state index is -0.143. The fourth-order valence-corrected chi connectivity index (χ4v) is 3.85. The molecule has 0 fully saturated rings. The van der Waals surface area contributed by atoms with Gasteiger partial charge >= 0.3 is 0 Å². The van der Waals surface area contributed by atoms with Crippen LogP contribution in [0.2, 0.25) is 5.02 Å². The Morgan fingerprint density at radius 2 is 2.00 bits per heavy atom. The Bertz CT molecular complexity index is 893. The number of thioether (sulfide) groups is 1. The van der Waals surface area contributed by atoms with Crippen molar-refractivity contribution in [1.82, 2.24) is 25.0 Å². The van der Waals surface area contributed by atoms with Gasteiger partial charge in [-0.1, -0.05) is 46.8 Å². The summed E-state index contributed by atoms with van der Waals surface area (Å²) in [6.45, 7) is 4.60. The van der Waals surface area contributed by atoms with Crippen LogP contribution in [0.3, 0.4) is 0 Å². The highest BCUT2D eigenvalue weighted by atomic mass is 35.5. The van der Waals surface area contributed by atoms with E-state index in [1.54, 1.807) is 0 Å². The SMILES string of the molecule is CCn1c(Cc2ccc(Cl)cc2)nnc1SCC(=O)Nc1nnc(C)s1. The van der Waals surface area contributed by atoms with Crippen LogP contribution in [0.5, 0.6) is 0 Å². The van der Waals surface area contributed by atoms with Crippen molar-refractivity contribution in [2.45, 2.75) is 32.0 Å². The maximum Gasteiger partial charge on any atom is 0.236 e. The Balaban J connectivity index is 1.62.